The van der Waals surface area contributed by atoms with Crippen molar-refractivity contribution < 1.29 is 14.3 Å². The third-order valence-electron chi connectivity index (χ3n) is 2.97. The van der Waals surface area contributed by atoms with Crippen molar-refractivity contribution in [3.05, 3.63) is 59.4 Å². The molecule has 0 radical (unpaired) electrons. The molecule has 0 saturated heterocycles. The molecule has 4 nitrogen and oxygen atoms in total. The molecule has 0 atom stereocenters. The van der Waals surface area contributed by atoms with Gasteiger partial charge in [0, 0.05) is 31.4 Å². The van der Waals surface area contributed by atoms with Crippen molar-refractivity contribution in [1.29, 1.82) is 0 Å². The van der Waals surface area contributed by atoms with Crippen LogP contribution in [0.5, 0.6) is 0 Å². The van der Waals surface area contributed by atoms with E-state index in [-0.39, 0.29) is 5.82 Å². The first-order valence-corrected chi connectivity index (χ1v) is 6.29. The molecule has 0 bridgehead atoms. The van der Waals surface area contributed by atoms with Gasteiger partial charge in [0.1, 0.15) is 11.6 Å². The fourth-order valence-electron chi connectivity index (χ4n) is 2.01. The molecule has 1 aromatic heterocycles. The Labute approximate surface area is 116 Å². The molecule has 1 heterocycles. The number of carbonyl (C=O) groups is 1. The van der Waals surface area contributed by atoms with E-state index in [9.17, 15) is 9.18 Å². The second-order valence-electron chi connectivity index (χ2n) is 4.34. The third-order valence-corrected chi connectivity index (χ3v) is 2.97. The summed E-state index contributed by atoms with van der Waals surface area (Å²) < 4.78 is 15.3. The minimum absolute atomic E-state index is 0.389. The molecular formula is C15H15FN2O2. The zero-order chi connectivity index (χ0) is 14.5. The van der Waals surface area contributed by atoms with E-state index in [1.54, 1.807) is 12.3 Å². The number of carboxylic acids is 1. The molecule has 0 spiro atoms. The minimum atomic E-state index is -1.06. The maximum absolute atomic E-state index is 13.3. The minimum Gasteiger partial charge on any atom is -0.478 e. The average Bonchev–Trinajstić information content (AvgIpc) is 2.86. The van der Waals surface area contributed by atoms with Gasteiger partial charge >= 0.3 is 5.97 Å². The highest BCUT2D eigenvalue weighted by Gasteiger charge is 2.06. The van der Waals surface area contributed by atoms with Crippen LogP contribution in [0, 0.1) is 5.82 Å². The number of carboxylic acid groups (broad SMARTS) is 1. The first kappa shape index (κ1) is 14.0. The van der Waals surface area contributed by atoms with Gasteiger partial charge in [0.2, 0.25) is 0 Å². The number of imidazole rings is 1. The molecule has 104 valence electrons. The SMILES string of the molecule is CCc1nccn1Cc1ccc(F)cc1C=CC(=O)O. The topological polar surface area (TPSA) is 55.1 Å². The molecule has 2 rings (SSSR count). The summed E-state index contributed by atoms with van der Waals surface area (Å²) in [6.07, 6.45) is 6.78. The molecule has 1 aromatic carbocycles. The standard InChI is InChI=1S/C15H15FN2O2/c1-2-14-17-7-8-18(14)10-12-3-5-13(16)9-11(12)4-6-15(19)20/h3-9H,2,10H2,1H3,(H,19,20). The van der Waals surface area contributed by atoms with E-state index in [1.165, 1.54) is 18.2 Å². The van der Waals surface area contributed by atoms with Crippen molar-refractivity contribution in [3.63, 3.8) is 0 Å². The number of rotatable bonds is 5. The van der Waals surface area contributed by atoms with Gasteiger partial charge in [-0.3, -0.25) is 0 Å². The molecule has 0 aliphatic heterocycles. The van der Waals surface area contributed by atoms with Crippen LogP contribution in [0.2, 0.25) is 0 Å². The van der Waals surface area contributed by atoms with Crippen LogP contribution in [0.15, 0.2) is 36.7 Å². The Morgan fingerprint density at radius 3 is 3.00 bits per heavy atom. The third kappa shape index (κ3) is 3.32. The first-order chi connectivity index (χ1) is 9.60. The lowest BCUT2D eigenvalue weighted by molar-refractivity contribution is -0.131. The number of hydrogen-bond acceptors (Lipinski definition) is 2. The van der Waals surface area contributed by atoms with Crippen LogP contribution in [0.3, 0.4) is 0 Å². The Morgan fingerprint density at radius 2 is 2.30 bits per heavy atom. The lowest BCUT2D eigenvalue weighted by atomic mass is 10.1. The molecule has 0 unspecified atom stereocenters. The zero-order valence-electron chi connectivity index (χ0n) is 11.1. The van der Waals surface area contributed by atoms with Crippen molar-refractivity contribution in [3.8, 4) is 0 Å². The van der Waals surface area contributed by atoms with Gasteiger partial charge in [0.05, 0.1) is 0 Å². The van der Waals surface area contributed by atoms with Crippen LogP contribution >= 0.6 is 0 Å². The number of aryl methyl sites for hydroxylation is 1. The molecule has 2 aromatic rings. The Bertz CT molecular complexity index is 647. The lowest BCUT2D eigenvalue weighted by Gasteiger charge is -2.10. The number of aromatic nitrogens is 2. The van der Waals surface area contributed by atoms with E-state index in [1.807, 2.05) is 17.7 Å². The summed E-state index contributed by atoms with van der Waals surface area (Å²) in [4.78, 5) is 14.8. The van der Waals surface area contributed by atoms with Gasteiger partial charge in [-0.2, -0.15) is 0 Å². The molecule has 5 heteroatoms. The largest absolute Gasteiger partial charge is 0.478 e. The number of hydrogen-bond donors (Lipinski definition) is 1. The van der Waals surface area contributed by atoms with Crippen molar-refractivity contribution in [2.24, 2.45) is 0 Å². The first-order valence-electron chi connectivity index (χ1n) is 6.29. The second-order valence-corrected chi connectivity index (χ2v) is 4.34. The van der Waals surface area contributed by atoms with Gasteiger partial charge < -0.3 is 9.67 Å². The van der Waals surface area contributed by atoms with Crippen LogP contribution < -0.4 is 0 Å². The van der Waals surface area contributed by atoms with E-state index >= 15 is 0 Å². The molecular weight excluding hydrogens is 259 g/mol. The van der Waals surface area contributed by atoms with Crippen LogP contribution in [-0.4, -0.2) is 20.6 Å². The number of halogens is 1. The van der Waals surface area contributed by atoms with E-state index in [2.05, 4.69) is 4.98 Å². The highest BCUT2D eigenvalue weighted by atomic mass is 19.1. The smallest absolute Gasteiger partial charge is 0.328 e. The Balaban J connectivity index is 2.33. The van der Waals surface area contributed by atoms with Crippen LogP contribution in [-0.2, 0) is 17.8 Å². The van der Waals surface area contributed by atoms with Crippen molar-refractivity contribution >= 4 is 12.0 Å². The van der Waals surface area contributed by atoms with E-state index in [0.29, 0.717) is 12.1 Å². The van der Waals surface area contributed by atoms with Crippen molar-refractivity contribution in [1.82, 2.24) is 9.55 Å². The number of aliphatic carboxylic acids is 1. The van der Waals surface area contributed by atoms with Gasteiger partial charge in [-0.1, -0.05) is 13.0 Å². The van der Waals surface area contributed by atoms with Crippen LogP contribution in [0.25, 0.3) is 6.08 Å². The van der Waals surface area contributed by atoms with Gasteiger partial charge in [0.15, 0.2) is 0 Å². The molecule has 0 aliphatic rings. The molecule has 1 N–H and O–H groups in total. The monoisotopic (exact) mass is 274 g/mol. The van der Waals surface area contributed by atoms with Gasteiger partial charge in [-0.25, -0.2) is 14.2 Å². The van der Waals surface area contributed by atoms with Crippen molar-refractivity contribution in [2.75, 3.05) is 0 Å². The Kier molecular flexibility index (Phi) is 4.30. The summed E-state index contributed by atoms with van der Waals surface area (Å²) >= 11 is 0. The van der Waals surface area contributed by atoms with Crippen LogP contribution in [0.1, 0.15) is 23.9 Å². The van der Waals surface area contributed by atoms with E-state index in [4.69, 9.17) is 5.11 Å². The summed E-state index contributed by atoms with van der Waals surface area (Å²) in [7, 11) is 0. The summed E-state index contributed by atoms with van der Waals surface area (Å²) in [5.74, 6) is -0.514. The Hall–Kier alpha value is -2.43. The lowest BCUT2D eigenvalue weighted by Crippen LogP contribution is -2.05. The second kappa shape index (κ2) is 6.14. The van der Waals surface area contributed by atoms with Gasteiger partial charge in [0.25, 0.3) is 0 Å². The average molecular weight is 274 g/mol. The van der Waals surface area contributed by atoms with E-state index < -0.39 is 5.97 Å². The molecule has 20 heavy (non-hydrogen) atoms. The maximum atomic E-state index is 13.3. The molecule has 0 fully saturated rings. The summed E-state index contributed by atoms with van der Waals surface area (Å²) in [6.45, 7) is 2.54. The summed E-state index contributed by atoms with van der Waals surface area (Å²) in [6, 6.07) is 4.36. The maximum Gasteiger partial charge on any atom is 0.328 e. The number of benzene rings is 1. The summed E-state index contributed by atoms with van der Waals surface area (Å²) in [5, 5.41) is 8.68. The molecule has 0 aliphatic carbocycles. The zero-order valence-corrected chi connectivity index (χ0v) is 11.1. The summed E-state index contributed by atoms with van der Waals surface area (Å²) in [5.41, 5.74) is 1.40. The predicted molar refractivity (Wildman–Crippen MR) is 73.8 cm³/mol. The highest BCUT2D eigenvalue weighted by molar-refractivity contribution is 5.85. The predicted octanol–water partition coefficient (Wildman–Crippen LogP) is 2.73. The molecule has 0 amide bonds. The fraction of sp³-hybridized carbons (Fsp3) is 0.200. The number of nitrogens with zero attached hydrogens (tertiary/aromatic N) is 2. The fourth-order valence-corrected chi connectivity index (χ4v) is 2.01. The normalized spacial score (nSPS) is 11.1. The van der Waals surface area contributed by atoms with Gasteiger partial charge in [-0.05, 0) is 29.3 Å². The molecule has 0 saturated carbocycles. The quantitative estimate of drug-likeness (QED) is 0.853. The van der Waals surface area contributed by atoms with Crippen molar-refractivity contribution in [2.45, 2.75) is 19.9 Å². The van der Waals surface area contributed by atoms with E-state index in [0.717, 1.165) is 23.9 Å². The Morgan fingerprint density at radius 1 is 1.50 bits per heavy atom. The highest BCUT2D eigenvalue weighted by Crippen LogP contribution is 2.16. The van der Waals surface area contributed by atoms with Crippen LogP contribution in [0.4, 0.5) is 4.39 Å². The van der Waals surface area contributed by atoms with Gasteiger partial charge in [-0.15, -0.1) is 0 Å².